The van der Waals surface area contributed by atoms with Crippen LogP contribution in [0.3, 0.4) is 0 Å². The monoisotopic (exact) mass is 248 g/mol. The second-order valence-electron chi connectivity index (χ2n) is 4.89. The Bertz CT molecular complexity index is 410. The maximum Gasteiger partial charge on any atom is 0.237 e. The van der Waals surface area contributed by atoms with Crippen molar-refractivity contribution in [3.63, 3.8) is 0 Å². The van der Waals surface area contributed by atoms with Crippen molar-refractivity contribution in [3.8, 4) is 5.75 Å². The van der Waals surface area contributed by atoms with E-state index in [1.165, 1.54) is 0 Å². The highest BCUT2D eigenvalue weighted by molar-refractivity contribution is 5.81. The lowest BCUT2D eigenvalue weighted by Crippen LogP contribution is -2.40. The van der Waals surface area contributed by atoms with E-state index in [9.17, 15) is 4.79 Å². The topological polar surface area (TPSA) is 64.3 Å². The van der Waals surface area contributed by atoms with Crippen molar-refractivity contribution >= 4 is 5.91 Å². The Morgan fingerprint density at radius 2 is 2.00 bits per heavy atom. The minimum absolute atomic E-state index is 0.0782. The van der Waals surface area contributed by atoms with Gasteiger partial charge >= 0.3 is 0 Å². The molecule has 4 heteroatoms. The van der Waals surface area contributed by atoms with Gasteiger partial charge in [-0.15, -0.1) is 0 Å². The van der Waals surface area contributed by atoms with E-state index in [1.54, 1.807) is 14.0 Å². The molecule has 2 rings (SSSR count). The molecule has 1 aromatic carbocycles. The summed E-state index contributed by atoms with van der Waals surface area (Å²) in [7, 11) is 1.64. The van der Waals surface area contributed by atoms with Gasteiger partial charge in [0, 0.05) is 0 Å². The van der Waals surface area contributed by atoms with Gasteiger partial charge in [-0.05, 0) is 43.4 Å². The van der Waals surface area contributed by atoms with Crippen LogP contribution in [0.5, 0.6) is 5.75 Å². The molecule has 98 valence electrons. The quantitative estimate of drug-likeness (QED) is 0.832. The normalized spacial score (nSPS) is 17.9. The van der Waals surface area contributed by atoms with Gasteiger partial charge in [-0.25, -0.2) is 0 Å². The van der Waals surface area contributed by atoms with E-state index in [4.69, 9.17) is 10.5 Å². The lowest BCUT2D eigenvalue weighted by molar-refractivity contribution is -0.122. The molecule has 0 saturated heterocycles. The predicted octanol–water partition coefficient (Wildman–Crippen LogP) is 1.61. The zero-order valence-corrected chi connectivity index (χ0v) is 10.8. The summed E-state index contributed by atoms with van der Waals surface area (Å²) in [6, 6.07) is 7.46. The molecule has 1 aliphatic carbocycles. The minimum Gasteiger partial charge on any atom is -0.497 e. The fraction of sp³-hybridized carbons (Fsp3) is 0.500. The first-order chi connectivity index (χ1) is 8.61. The molecule has 1 aromatic rings. The summed E-state index contributed by atoms with van der Waals surface area (Å²) in [5.41, 5.74) is 6.71. The molecule has 18 heavy (non-hydrogen) atoms. The summed E-state index contributed by atoms with van der Waals surface area (Å²) >= 11 is 0. The molecule has 1 amide bonds. The number of ether oxygens (including phenoxy) is 1. The molecule has 0 bridgehead atoms. The summed E-state index contributed by atoms with van der Waals surface area (Å²) in [5, 5.41) is 3.03. The number of rotatable bonds is 5. The molecule has 0 spiro atoms. The Kier molecular flexibility index (Phi) is 3.87. The van der Waals surface area contributed by atoms with Gasteiger partial charge in [-0.2, -0.15) is 0 Å². The molecule has 0 aliphatic heterocycles. The van der Waals surface area contributed by atoms with Crippen LogP contribution in [0.4, 0.5) is 0 Å². The average molecular weight is 248 g/mol. The van der Waals surface area contributed by atoms with E-state index in [2.05, 4.69) is 5.32 Å². The highest BCUT2D eigenvalue weighted by atomic mass is 16.5. The lowest BCUT2D eigenvalue weighted by Gasteiger charge is -2.20. The molecular formula is C14H20N2O2. The highest BCUT2D eigenvalue weighted by Crippen LogP contribution is 2.41. The summed E-state index contributed by atoms with van der Waals surface area (Å²) in [4.78, 5) is 11.7. The van der Waals surface area contributed by atoms with Crippen LogP contribution >= 0.6 is 0 Å². The molecular weight excluding hydrogens is 228 g/mol. The fourth-order valence-electron chi connectivity index (χ4n) is 2.00. The van der Waals surface area contributed by atoms with E-state index in [0.717, 1.165) is 24.2 Å². The Labute approximate surface area is 108 Å². The molecule has 1 aliphatic rings. The van der Waals surface area contributed by atoms with Gasteiger partial charge in [-0.3, -0.25) is 4.79 Å². The van der Waals surface area contributed by atoms with Crippen molar-refractivity contribution in [2.24, 2.45) is 11.7 Å². The number of hydrogen-bond acceptors (Lipinski definition) is 3. The summed E-state index contributed by atoms with van der Waals surface area (Å²) in [5.74, 6) is 1.27. The van der Waals surface area contributed by atoms with Crippen molar-refractivity contribution < 1.29 is 9.53 Å². The van der Waals surface area contributed by atoms with E-state index >= 15 is 0 Å². The van der Waals surface area contributed by atoms with Crippen molar-refractivity contribution in [3.05, 3.63) is 29.8 Å². The predicted molar refractivity (Wildman–Crippen MR) is 70.3 cm³/mol. The van der Waals surface area contributed by atoms with E-state index in [1.807, 2.05) is 24.3 Å². The molecule has 1 unspecified atom stereocenters. The number of nitrogens with one attached hydrogen (secondary N) is 1. The Morgan fingerprint density at radius 1 is 1.39 bits per heavy atom. The zero-order chi connectivity index (χ0) is 13.1. The smallest absolute Gasteiger partial charge is 0.237 e. The van der Waals surface area contributed by atoms with Crippen LogP contribution < -0.4 is 15.8 Å². The van der Waals surface area contributed by atoms with E-state index < -0.39 is 6.04 Å². The van der Waals surface area contributed by atoms with Gasteiger partial charge in [0.25, 0.3) is 0 Å². The standard InChI is InChI=1S/C14H20N2O2/c1-9(15)14(17)16-13(10-3-4-10)11-5-7-12(18-2)8-6-11/h5-10,13H,3-4,15H2,1-2H3,(H,16,17)/t9-,13?/m1/s1. The Morgan fingerprint density at radius 3 is 2.44 bits per heavy atom. The Hall–Kier alpha value is -1.55. The molecule has 1 fully saturated rings. The second kappa shape index (κ2) is 5.40. The minimum atomic E-state index is -0.468. The lowest BCUT2D eigenvalue weighted by atomic mass is 10.0. The van der Waals surface area contributed by atoms with Crippen LogP contribution in [-0.4, -0.2) is 19.1 Å². The van der Waals surface area contributed by atoms with Crippen molar-refractivity contribution in [1.82, 2.24) is 5.32 Å². The summed E-state index contributed by atoms with van der Waals surface area (Å²) in [6.07, 6.45) is 2.33. The third kappa shape index (κ3) is 3.01. The SMILES string of the molecule is COc1ccc(C(NC(=O)[C@@H](C)N)C2CC2)cc1. The largest absolute Gasteiger partial charge is 0.497 e. The number of hydrogen-bond donors (Lipinski definition) is 2. The van der Waals surface area contributed by atoms with Gasteiger partial charge in [0.2, 0.25) is 5.91 Å². The van der Waals surface area contributed by atoms with Crippen molar-refractivity contribution in [1.29, 1.82) is 0 Å². The van der Waals surface area contributed by atoms with Crippen LogP contribution in [0, 0.1) is 5.92 Å². The van der Waals surface area contributed by atoms with Crippen molar-refractivity contribution in [2.75, 3.05) is 7.11 Å². The van der Waals surface area contributed by atoms with Gasteiger partial charge < -0.3 is 15.8 Å². The number of benzene rings is 1. The van der Waals surface area contributed by atoms with Crippen LogP contribution in [0.1, 0.15) is 31.4 Å². The maximum atomic E-state index is 11.7. The van der Waals surface area contributed by atoms with Crippen molar-refractivity contribution in [2.45, 2.75) is 31.8 Å². The zero-order valence-electron chi connectivity index (χ0n) is 10.8. The van der Waals surface area contributed by atoms with Gasteiger partial charge in [0.15, 0.2) is 0 Å². The maximum absolute atomic E-state index is 11.7. The molecule has 0 radical (unpaired) electrons. The molecule has 0 aromatic heterocycles. The second-order valence-corrected chi connectivity index (χ2v) is 4.89. The first-order valence-corrected chi connectivity index (χ1v) is 6.31. The summed E-state index contributed by atoms with van der Waals surface area (Å²) in [6.45, 7) is 1.70. The van der Waals surface area contributed by atoms with Crippen LogP contribution in [0.2, 0.25) is 0 Å². The first-order valence-electron chi connectivity index (χ1n) is 6.31. The van der Waals surface area contributed by atoms with Crippen LogP contribution in [-0.2, 0) is 4.79 Å². The van der Waals surface area contributed by atoms with Crippen LogP contribution in [0.25, 0.3) is 0 Å². The molecule has 1 saturated carbocycles. The van der Waals surface area contributed by atoms with E-state index in [-0.39, 0.29) is 11.9 Å². The average Bonchev–Trinajstić information content (AvgIpc) is 3.20. The fourth-order valence-corrected chi connectivity index (χ4v) is 2.00. The summed E-state index contributed by atoms with van der Waals surface area (Å²) < 4.78 is 5.14. The number of nitrogens with two attached hydrogens (primary N) is 1. The molecule has 3 N–H and O–H groups in total. The number of carbonyl (C=O) groups excluding carboxylic acids is 1. The number of methoxy groups -OCH3 is 1. The first kappa shape index (κ1) is 12.9. The molecule has 4 nitrogen and oxygen atoms in total. The van der Waals surface area contributed by atoms with Gasteiger partial charge in [-0.1, -0.05) is 12.1 Å². The Balaban J connectivity index is 2.11. The molecule has 0 heterocycles. The number of amides is 1. The van der Waals surface area contributed by atoms with Gasteiger partial charge in [0.1, 0.15) is 5.75 Å². The van der Waals surface area contributed by atoms with Crippen LogP contribution in [0.15, 0.2) is 24.3 Å². The van der Waals surface area contributed by atoms with E-state index in [0.29, 0.717) is 5.92 Å². The molecule has 2 atom stereocenters. The third-order valence-corrected chi connectivity index (χ3v) is 3.28. The van der Waals surface area contributed by atoms with Gasteiger partial charge in [0.05, 0.1) is 19.2 Å². The number of carbonyl (C=O) groups is 1. The third-order valence-electron chi connectivity index (χ3n) is 3.28. The highest BCUT2D eigenvalue weighted by Gasteiger charge is 2.33.